The highest BCUT2D eigenvalue weighted by atomic mass is 32.1. The first-order valence-corrected chi connectivity index (χ1v) is 4.02. The van der Waals surface area contributed by atoms with Crippen molar-refractivity contribution >= 4 is 18.6 Å². The lowest BCUT2D eigenvalue weighted by atomic mass is 10.3. The molecule has 0 N–H and O–H groups in total. The summed E-state index contributed by atoms with van der Waals surface area (Å²) in [5, 5.41) is 0.140. The molecule has 0 saturated heterocycles. The van der Waals surface area contributed by atoms with Crippen molar-refractivity contribution in [3.05, 3.63) is 0 Å². The molecule has 0 aromatic carbocycles. The van der Waals surface area contributed by atoms with Gasteiger partial charge < -0.3 is 4.74 Å². The number of hydrogen-bond donors (Lipinski definition) is 1. The number of esters is 1. The van der Waals surface area contributed by atoms with E-state index in [1.165, 1.54) is 0 Å². The maximum absolute atomic E-state index is 10.7. The van der Waals surface area contributed by atoms with Crippen molar-refractivity contribution in [1.82, 2.24) is 0 Å². The Morgan fingerprint density at radius 3 is 2.70 bits per heavy atom. The van der Waals surface area contributed by atoms with Crippen LogP contribution < -0.4 is 0 Å². The third-order valence-electron chi connectivity index (χ3n) is 0.940. The van der Waals surface area contributed by atoms with Gasteiger partial charge >= 0.3 is 5.97 Å². The van der Waals surface area contributed by atoms with Gasteiger partial charge in [-0.05, 0) is 6.42 Å². The van der Waals surface area contributed by atoms with E-state index in [2.05, 4.69) is 12.6 Å². The molecule has 0 rings (SSSR count). The molecule has 0 fully saturated rings. The summed E-state index contributed by atoms with van der Waals surface area (Å²) >= 11 is 4.06. The Morgan fingerprint density at radius 1 is 1.70 bits per heavy atom. The Kier molecular flexibility index (Phi) is 5.49. The summed E-state index contributed by atoms with van der Waals surface area (Å²) in [5.74, 6) is -0.122. The number of carbonyl (C=O) groups excluding carboxylic acids is 1. The number of hydrogen-bond acceptors (Lipinski definition) is 3. The molecule has 3 heteroatoms. The first-order valence-electron chi connectivity index (χ1n) is 3.50. The van der Waals surface area contributed by atoms with Gasteiger partial charge in [0.15, 0.2) is 0 Å². The molecule has 0 heterocycles. The second kappa shape index (κ2) is 5.59. The average molecular weight is 162 g/mol. The molecule has 0 aliphatic rings. The fourth-order valence-corrected chi connectivity index (χ4v) is 0.564. The van der Waals surface area contributed by atoms with Gasteiger partial charge in [0.2, 0.25) is 0 Å². The van der Waals surface area contributed by atoms with Gasteiger partial charge in [-0.3, -0.25) is 4.79 Å². The average Bonchev–Trinajstić information content (AvgIpc) is 1.85. The Morgan fingerprint density at radius 2 is 2.30 bits per heavy atom. The monoisotopic (exact) mass is 162 g/mol. The van der Waals surface area contributed by atoms with Crippen LogP contribution in [0.4, 0.5) is 0 Å². The normalized spacial score (nSPS) is 12.7. The SMILES string of the molecule is CCCC(=O)OCC(C)S. The van der Waals surface area contributed by atoms with Crippen LogP contribution in [0.5, 0.6) is 0 Å². The molecule has 0 aliphatic heterocycles. The maximum atomic E-state index is 10.7. The summed E-state index contributed by atoms with van der Waals surface area (Å²) in [4.78, 5) is 10.7. The maximum Gasteiger partial charge on any atom is 0.305 e. The van der Waals surface area contributed by atoms with Gasteiger partial charge in [0.25, 0.3) is 0 Å². The van der Waals surface area contributed by atoms with E-state index in [9.17, 15) is 4.79 Å². The minimum atomic E-state index is -0.122. The van der Waals surface area contributed by atoms with Crippen LogP contribution in [-0.4, -0.2) is 17.8 Å². The van der Waals surface area contributed by atoms with E-state index in [-0.39, 0.29) is 11.2 Å². The molecule has 0 radical (unpaired) electrons. The zero-order valence-electron chi connectivity index (χ0n) is 6.46. The van der Waals surface area contributed by atoms with Crippen LogP contribution in [0.25, 0.3) is 0 Å². The van der Waals surface area contributed by atoms with Crippen LogP contribution in [0.3, 0.4) is 0 Å². The highest BCUT2D eigenvalue weighted by molar-refractivity contribution is 7.80. The van der Waals surface area contributed by atoms with E-state index >= 15 is 0 Å². The Hall–Kier alpha value is -0.180. The van der Waals surface area contributed by atoms with Crippen LogP contribution in [0.1, 0.15) is 26.7 Å². The van der Waals surface area contributed by atoms with E-state index in [0.717, 1.165) is 6.42 Å². The van der Waals surface area contributed by atoms with E-state index < -0.39 is 0 Å². The molecule has 60 valence electrons. The topological polar surface area (TPSA) is 26.3 Å². The van der Waals surface area contributed by atoms with Crippen molar-refractivity contribution in [3.8, 4) is 0 Å². The predicted molar refractivity (Wildman–Crippen MR) is 44.3 cm³/mol. The number of thiol groups is 1. The Balaban J connectivity index is 3.22. The summed E-state index contributed by atoms with van der Waals surface area (Å²) in [6.45, 7) is 4.26. The van der Waals surface area contributed by atoms with Gasteiger partial charge in [0.05, 0.1) is 0 Å². The third kappa shape index (κ3) is 5.95. The van der Waals surface area contributed by atoms with Gasteiger partial charge in [-0.1, -0.05) is 13.8 Å². The molecule has 0 aliphatic carbocycles. The number of ether oxygens (including phenoxy) is 1. The fourth-order valence-electron chi connectivity index (χ4n) is 0.490. The molecule has 0 amide bonds. The minimum absolute atomic E-state index is 0.122. The van der Waals surface area contributed by atoms with Crippen LogP contribution in [0.2, 0.25) is 0 Å². The molecule has 2 nitrogen and oxygen atoms in total. The van der Waals surface area contributed by atoms with Gasteiger partial charge in [0.1, 0.15) is 6.61 Å². The van der Waals surface area contributed by atoms with Crippen molar-refractivity contribution in [2.24, 2.45) is 0 Å². The van der Waals surface area contributed by atoms with Crippen LogP contribution in [0, 0.1) is 0 Å². The smallest absolute Gasteiger partial charge is 0.305 e. The predicted octanol–water partition coefficient (Wildman–Crippen LogP) is 1.65. The van der Waals surface area contributed by atoms with E-state index in [1.807, 2.05) is 13.8 Å². The lowest BCUT2D eigenvalue weighted by molar-refractivity contribution is -0.143. The zero-order valence-corrected chi connectivity index (χ0v) is 7.36. The molecule has 1 atom stereocenters. The molecule has 0 aromatic heterocycles. The molecule has 10 heavy (non-hydrogen) atoms. The van der Waals surface area contributed by atoms with Gasteiger partial charge in [-0.25, -0.2) is 0 Å². The molecular formula is C7H14O2S. The second-order valence-corrected chi connectivity index (χ2v) is 3.16. The fraction of sp³-hybridized carbons (Fsp3) is 0.857. The summed E-state index contributed by atoms with van der Waals surface area (Å²) in [6, 6.07) is 0. The molecule has 1 unspecified atom stereocenters. The van der Waals surface area contributed by atoms with Gasteiger partial charge in [-0.2, -0.15) is 12.6 Å². The number of carbonyl (C=O) groups is 1. The third-order valence-corrected chi connectivity index (χ3v) is 1.09. The molecule has 0 bridgehead atoms. The molecule has 0 aromatic rings. The molecular weight excluding hydrogens is 148 g/mol. The quantitative estimate of drug-likeness (QED) is 0.502. The van der Waals surface area contributed by atoms with Gasteiger partial charge in [0, 0.05) is 11.7 Å². The summed E-state index contributed by atoms with van der Waals surface area (Å²) in [6.07, 6.45) is 1.36. The largest absolute Gasteiger partial charge is 0.465 e. The van der Waals surface area contributed by atoms with Crippen molar-refractivity contribution in [2.75, 3.05) is 6.61 Å². The van der Waals surface area contributed by atoms with Crippen molar-refractivity contribution in [1.29, 1.82) is 0 Å². The standard InChI is InChI=1S/C7H14O2S/c1-3-4-7(8)9-5-6(2)10/h6,10H,3-5H2,1-2H3. The van der Waals surface area contributed by atoms with E-state index in [1.54, 1.807) is 0 Å². The summed E-state index contributed by atoms with van der Waals surface area (Å²) in [5.41, 5.74) is 0. The molecule has 0 spiro atoms. The molecule has 0 saturated carbocycles. The lowest BCUT2D eigenvalue weighted by Crippen LogP contribution is -2.10. The lowest BCUT2D eigenvalue weighted by Gasteiger charge is -2.04. The highest BCUT2D eigenvalue weighted by Gasteiger charge is 2.01. The Labute approximate surface area is 67.4 Å². The summed E-state index contributed by atoms with van der Waals surface area (Å²) < 4.78 is 4.83. The van der Waals surface area contributed by atoms with Crippen molar-refractivity contribution in [3.63, 3.8) is 0 Å². The number of rotatable bonds is 4. The summed E-state index contributed by atoms with van der Waals surface area (Å²) in [7, 11) is 0. The zero-order chi connectivity index (χ0) is 7.98. The first-order chi connectivity index (χ1) is 4.66. The Bertz CT molecular complexity index is 102. The van der Waals surface area contributed by atoms with E-state index in [0.29, 0.717) is 13.0 Å². The first kappa shape index (κ1) is 9.82. The van der Waals surface area contributed by atoms with Crippen LogP contribution in [0.15, 0.2) is 0 Å². The van der Waals surface area contributed by atoms with Crippen molar-refractivity contribution < 1.29 is 9.53 Å². The van der Waals surface area contributed by atoms with Crippen molar-refractivity contribution in [2.45, 2.75) is 31.9 Å². The minimum Gasteiger partial charge on any atom is -0.465 e. The van der Waals surface area contributed by atoms with E-state index in [4.69, 9.17) is 4.74 Å². The van der Waals surface area contributed by atoms with Gasteiger partial charge in [-0.15, -0.1) is 0 Å². The van der Waals surface area contributed by atoms with Crippen LogP contribution in [-0.2, 0) is 9.53 Å². The second-order valence-electron chi connectivity index (χ2n) is 2.28. The van der Waals surface area contributed by atoms with Crippen LogP contribution >= 0.6 is 12.6 Å². The highest BCUT2D eigenvalue weighted by Crippen LogP contribution is 1.96.